The van der Waals surface area contributed by atoms with Crippen molar-refractivity contribution in [1.82, 2.24) is 10.6 Å². The normalized spacial score (nSPS) is 22.9. The van der Waals surface area contributed by atoms with Gasteiger partial charge in [-0.25, -0.2) is 4.79 Å². The molecule has 1 atom stereocenters. The highest BCUT2D eigenvalue weighted by Gasteiger charge is 2.28. The summed E-state index contributed by atoms with van der Waals surface area (Å²) in [7, 11) is 0. The highest BCUT2D eigenvalue weighted by atomic mass is 16.2. The zero-order chi connectivity index (χ0) is 13.7. The minimum absolute atomic E-state index is 0.0912. The summed E-state index contributed by atoms with van der Waals surface area (Å²) in [6.07, 6.45) is 10.3. The van der Waals surface area contributed by atoms with Gasteiger partial charge in [-0.2, -0.15) is 0 Å². The number of urea groups is 1. The summed E-state index contributed by atoms with van der Waals surface area (Å²) >= 11 is 0. The third-order valence-corrected chi connectivity index (χ3v) is 4.43. The first-order valence-electron chi connectivity index (χ1n) is 7.58. The van der Waals surface area contributed by atoms with E-state index in [1.165, 1.54) is 32.1 Å². The summed E-state index contributed by atoms with van der Waals surface area (Å²) in [4.78, 5) is 12.0. The maximum absolute atomic E-state index is 12.0. The lowest BCUT2D eigenvalue weighted by molar-refractivity contribution is 0.227. The van der Waals surface area contributed by atoms with Gasteiger partial charge in [-0.15, -0.1) is 0 Å². The Bertz CT molecular complexity index is 319. The number of amidine groups is 1. The molecule has 5 nitrogen and oxygen atoms in total. The Labute approximate surface area is 115 Å². The molecule has 108 valence electrons. The van der Waals surface area contributed by atoms with Gasteiger partial charge in [0.2, 0.25) is 0 Å². The van der Waals surface area contributed by atoms with Crippen LogP contribution in [-0.4, -0.2) is 24.0 Å². The van der Waals surface area contributed by atoms with E-state index in [2.05, 4.69) is 10.6 Å². The molecule has 2 rings (SSSR count). The van der Waals surface area contributed by atoms with Crippen LogP contribution in [0.4, 0.5) is 4.79 Å². The highest BCUT2D eigenvalue weighted by Crippen LogP contribution is 2.26. The fourth-order valence-electron chi connectivity index (χ4n) is 3.36. The number of nitrogens with one attached hydrogen (secondary N) is 3. The van der Waals surface area contributed by atoms with Crippen molar-refractivity contribution in [3.05, 3.63) is 0 Å². The lowest BCUT2D eigenvalue weighted by Crippen LogP contribution is -2.53. The third-order valence-electron chi connectivity index (χ3n) is 4.43. The van der Waals surface area contributed by atoms with Crippen molar-refractivity contribution < 1.29 is 4.79 Å². The van der Waals surface area contributed by atoms with Gasteiger partial charge in [0.25, 0.3) is 0 Å². The van der Waals surface area contributed by atoms with E-state index < -0.39 is 0 Å². The van der Waals surface area contributed by atoms with Crippen LogP contribution in [0.5, 0.6) is 0 Å². The van der Waals surface area contributed by atoms with E-state index in [9.17, 15) is 4.79 Å². The fraction of sp³-hybridized carbons (Fsp3) is 0.857. The minimum Gasteiger partial charge on any atom is -0.386 e. The summed E-state index contributed by atoms with van der Waals surface area (Å²) in [6.45, 7) is 0. The van der Waals surface area contributed by atoms with Gasteiger partial charge in [0.05, 0.1) is 6.04 Å². The van der Waals surface area contributed by atoms with Gasteiger partial charge >= 0.3 is 6.03 Å². The first-order chi connectivity index (χ1) is 9.16. The molecule has 0 saturated heterocycles. The molecule has 2 amide bonds. The van der Waals surface area contributed by atoms with E-state index in [-0.39, 0.29) is 17.9 Å². The molecule has 1 unspecified atom stereocenters. The second kappa shape index (κ2) is 6.78. The molecule has 0 radical (unpaired) electrons. The summed E-state index contributed by atoms with van der Waals surface area (Å²) in [6, 6.07) is -0.140. The average molecular weight is 266 g/mol. The van der Waals surface area contributed by atoms with Crippen LogP contribution in [0.3, 0.4) is 0 Å². The molecule has 0 bridgehead atoms. The number of rotatable bonds is 4. The maximum atomic E-state index is 12.0. The fourth-order valence-corrected chi connectivity index (χ4v) is 3.36. The van der Waals surface area contributed by atoms with Crippen molar-refractivity contribution in [2.45, 2.75) is 69.9 Å². The number of amides is 2. The van der Waals surface area contributed by atoms with Crippen LogP contribution in [0.1, 0.15) is 57.8 Å². The van der Waals surface area contributed by atoms with Crippen LogP contribution < -0.4 is 16.4 Å². The molecule has 2 aliphatic rings. The molecule has 2 fully saturated rings. The molecule has 2 saturated carbocycles. The molecule has 0 aromatic carbocycles. The van der Waals surface area contributed by atoms with Gasteiger partial charge in [0.1, 0.15) is 5.84 Å². The Morgan fingerprint density at radius 1 is 1.05 bits per heavy atom. The molecule has 19 heavy (non-hydrogen) atoms. The number of hydrogen-bond acceptors (Lipinski definition) is 2. The minimum atomic E-state index is -0.290. The predicted molar refractivity (Wildman–Crippen MR) is 76.2 cm³/mol. The number of hydrogen-bond donors (Lipinski definition) is 4. The van der Waals surface area contributed by atoms with Crippen molar-refractivity contribution in [2.75, 3.05) is 0 Å². The van der Waals surface area contributed by atoms with Gasteiger partial charge < -0.3 is 16.4 Å². The summed E-state index contributed by atoms with van der Waals surface area (Å²) < 4.78 is 0. The number of carbonyl (C=O) groups excluding carboxylic acids is 1. The quantitative estimate of drug-likeness (QED) is 0.463. The Hall–Kier alpha value is -1.26. The molecule has 5 N–H and O–H groups in total. The van der Waals surface area contributed by atoms with Crippen molar-refractivity contribution >= 4 is 11.9 Å². The van der Waals surface area contributed by atoms with Crippen LogP contribution in [0, 0.1) is 11.3 Å². The van der Waals surface area contributed by atoms with Crippen LogP contribution in [0.15, 0.2) is 0 Å². The van der Waals surface area contributed by atoms with Crippen molar-refractivity contribution in [3.8, 4) is 0 Å². The summed E-state index contributed by atoms with van der Waals surface area (Å²) in [5, 5.41) is 13.6. The van der Waals surface area contributed by atoms with E-state index in [1.807, 2.05) is 0 Å². The molecule has 2 aliphatic carbocycles. The van der Waals surface area contributed by atoms with Crippen molar-refractivity contribution in [3.63, 3.8) is 0 Å². The molecule has 0 aromatic heterocycles. The first kappa shape index (κ1) is 14.2. The molecule has 5 heteroatoms. The zero-order valence-electron chi connectivity index (χ0n) is 11.6. The monoisotopic (exact) mass is 266 g/mol. The van der Waals surface area contributed by atoms with E-state index in [1.54, 1.807) is 0 Å². The lowest BCUT2D eigenvalue weighted by atomic mass is 9.83. The molecule has 0 aromatic rings. The Morgan fingerprint density at radius 3 is 2.21 bits per heavy atom. The topological polar surface area (TPSA) is 91.0 Å². The Kier molecular flexibility index (Phi) is 5.05. The standard InChI is InChI=1S/C14H26N4O/c15-13(16)12(10-6-2-1-3-7-10)18-14(19)17-11-8-4-5-9-11/h10-12H,1-9H2,(H3,15,16)(H2,17,18,19). The third kappa shape index (κ3) is 4.11. The summed E-state index contributed by atoms with van der Waals surface area (Å²) in [5.74, 6) is 0.425. The van der Waals surface area contributed by atoms with Gasteiger partial charge in [-0.3, -0.25) is 5.41 Å². The zero-order valence-corrected chi connectivity index (χ0v) is 11.6. The molecule has 0 heterocycles. The van der Waals surface area contributed by atoms with Gasteiger partial charge in [-0.05, 0) is 31.6 Å². The second-order valence-corrected chi connectivity index (χ2v) is 5.93. The predicted octanol–water partition coefficient (Wildman–Crippen LogP) is 2.11. The summed E-state index contributed by atoms with van der Waals surface area (Å²) in [5.41, 5.74) is 5.66. The van der Waals surface area contributed by atoms with Gasteiger partial charge in [0.15, 0.2) is 0 Å². The Balaban J connectivity index is 1.84. The van der Waals surface area contributed by atoms with E-state index in [0.29, 0.717) is 12.0 Å². The van der Waals surface area contributed by atoms with Crippen LogP contribution in [0.25, 0.3) is 0 Å². The Morgan fingerprint density at radius 2 is 1.63 bits per heavy atom. The highest BCUT2D eigenvalue weighted by molar-refractivity contribution is 5.88. The SMILES string of the molecule is N=C(N)C(NC(=O)NC1CCCC1)C1CCCCC1. The van der Waals surface area contributed by atoms with E-state index in [4.69, 9.17) is 11.1 Å². The van der Waals surface area contributed by atoms with E-state index >= 15 is 0 Å². The molecular weight excluding hydrogens is 240 g/mol. The van der Waals surface area contributed by atoms with E-state index in [0.717, 1.165) is 25.7 Å². The van der Waals surface area contributed by atoms with Crippen molar-refractivity contribution in [1.29, 1.82) is 5.41 Å². The second-order valence-electron chi connectivity index (χ2n) is 5.93. The molecule has 0 aliphatic heterocycles. The maximum Gasteiger partial charge on any atom is 0.315 e. The smallest absolute Gasteiger partial charge is 0.315 e. The number of carbonyl (C=O) groups is 1. The van der Waals surface area contributed by atoms with Crippen LogP contribution >= 0.6 is 0 Å². The van der Waals surface area contributed by atoms with Crippen LogP contribution in [-0.2, 0) is 0 Å². The molecular formula is C14H26N4O. The first-order valence-corrected chi connectivity index (χ1v) is 7.58. The average Bonchev–Trinajstić information content (AvgIpc) is 2.89. The molecule has 0 spiro atoms. The van der Waals surface area contributed by atoms with Crippen LogP contribution in [0.2, 0.25) is 0 Å². The van der Waals surface area contributed by atoms with Gasteiger partial charge in [-0.1, -0.05) is 32.1 Å². The lowest BCUT2D eigenvalue weighted by Gasteiger charge is -2.30. The van der Waals surface area contributed by atoms with Gasteiger partial charge in [0, 0.05) is 6.04 Å². The number of nitrogens with two attached hydrogens (primary N) is 1. The van der Waals surface area contributed by atoms with Crippen molar-refractivity contribution in [2.24, 2.45) is 11.7 Å². The largest absolute Gasteiger partial charge is 0.386 e.